The Balaban J connectivity index is 2.65. The van der Waals surface area contributed by atoms with Crippen LogP contribution in [0.25, 0.3) is 0 Å². The van der Waals surface area contributed by atoms with Crippen molar-refractivity contribution in [2.75, 3.05) is 12.3 Å². The number of rotatable bonds is 7. The van der Waals surface area contributed by atoms with Gasteiger partial charge in [-0.3, -0.25) is 0 Å². The molecule has 0 radical (unpaired) electrons. The van der Waals surface area contributed by atoms with Crippen molar-refractivity contribution in [2.24, 2.45) is 5.92 Å². The van der Waals surface area contributed by atoms with E-state index in [2.05, 4.69) is 13.8 Å². The van der Waals surface area contributed by atoms with Gasteiger partial charge in [0.2, 0.25) is 0 Å². The Bertz CT molecular complexity index is 364. The van der Waals surface area contributed by atoms with Gasteiger partial charge < -0.3 is 15.2 Å². The summed E-state index contributed by atoms with van der Waals surface area (Å²) in [4.78, 5) is 0. The van der Waals surface area contributed by atoms with Gasteiger partial charge >= 0.3 is 0 Å². The third-order valence-electron chi connectivity index (χ3n) is 2.69. The summed E-state index contributed by atoms with van der Waals surface area (Å²) < 4.78 is 11.4. The molecule has 1 unspecified atom stereocenters. The Kier molecular flexibility index (Phi) is 5.83. The lowest BCUT2D eigenvalue weighted by molar-refractivity contribution is 0.236. The van der Waals surface area contributed by atoms with Gasteiger partial charge in [-0.25, -0.2) is 0 Å². The molecule has 102 valence electrons. The summed E-state index contributed by atoms with van der Waals surface area (Å²) in [6, 6.07) is 5.67. The van der Waals surface area contributed by atoms with E-state index in [1.54, 1.807) is 0 Å². The van der Waals surface area contributed by atoms with Crippen molar-refractivity contribution in [3.63, 3.8) is 0 Å². The van der Waals surface area contributed by atoms with Crippen LogP contribution in [-0.4, -0.2) is 12.7 Å². The molecule has 0 saturated carbocycles. The van der Waals surface area contributed by atoms with Crippen molar-refractivity contribution in [3.8, 4) is 11.5 Å². The van der Waals surface area contributed by atoms with E-state index in [4.69, 9.17) is 15.2 Å². The predicted octanol–water partition coefficient (Wildman–Crippen LogP) is 3.87. The van der Waals surface area contributed by atoms with Crippen LogP contribution in [0.1, 0.15) is 40.5 Å². The third-order valence-corrected chi connectivity index (χ3v) is 2.69. The lowest BCUT2D eigenvalue weighted by Gasteiger charge is -2.17. The van der Waals surface area contributed by atoms with Gasteiger partial charge in [0, 0.05) is 0 Å². The van der Waals surface area contributed by atoms with Crippen LogP contribution in [0, 0.1) is 5.92 Å². The Morgan fingerprint density at radius 2 is 1.83 bits per heavy atom. The maximum Gasteiger partial charge on any atom is 0.146 e. The number of para-hydroxylation sites is 1. The van der Waals surface area contributed by atoms with Gasteiger partial charge in [-0.05, 0) is 38.3 Å². The van der Waals surface area contributed by atoms with Crippen LogP contribution in [0.4, 0.5) is 5.69 Å². The predicted molar refractivity (Wildman–Crippen MR) is 76.2 cm³/mol. The van der Waals surface area contributed by atoms with E-state index in [1.165, 1.54) is 12.8 Å². The molecule has 2 N–H and O–H groups in total. The molecule has 0 bridgehead atoms. The normalized spacial score (nSPS) is 12.5. The Hall–Kier alpha value is -1.38. The second kappa shape index (κ2) is 7.14. The molecule has 1 atom stereocenters. The number of hydrogen-bond donors (Lipinski definition) is 1. The van der Waals surface area contributed by atoms with Gasteiger partial charge in [0.15, 0.2) is 0 Å². The fraction of sp³-hybridized carbons (Fsp3) is 0.600. The summed E-state index contributed by atoms with van der Waals surface area (Å²) in [5.41, 5.74) is 6.63. The van der Waals surface area contributed by atoms with Crippen molar-refractivity contribution < 1.29 is 9.47 Å². The van der Waals surface area contributed by atoms with E-state index in [0.717, 1.165) is 5.75 Å². The fourth-order valence-corrected chi connectivity index (χ4v) is 1.81. The SMILES string of the molecule is CCCC(C)COc1cccc(OC(C)C)c1N. The molecule has 0 spiro atoms. The zero-order valence-electron chi connectivity index (χ0n) is 11.9. The first-order valence-electron chi connectivity index (χ1n) is 6.72. The summed E-state index contributed by atoms with van der Waals surface area (Å²) >= 11 is 0. The minimum atomic E-state index is 0.113. The molecule has 1 aromatic carbocycles. The van der Waals surface area contributed by atoms with E-state index in [0.29, 0.717) is 24.0 Å². The van der Waals surface area contributed by atoms with Gasteiger partial charge in [-0.2, -0.15) is 0 Å². The van der Waals surface area contributed by atoms with Crippen LogP contribution in [0.2, 0.25) is 0 Å². The first-order valence-corrected chi connectivity index (χ1v) is 6.72. The van der Waals surface area contributed by atoms with Crippen LogP contribution in [0.5, 0.6) is 11.5 Å². The Morgan fingerprint density at radius 1 is 1.17 bits per heavy atom. The molecule has 3 heteroatoms. The van der Waals surface area contributed by atoms with Crippen LogP contribution < -0.4 is 15.2 Å². The molecule has 0 aromatic heterocycles. The lowest BCUT2D eigenvalue weighted by atomic mass is 10.1. The molecule has 0 fully saturated rings. The standard InChI is InChI=1S/C15H25NO2/c1-5-7-12(4)10-17-13-8-6-9-14(15(13)16)18-11(2)3/h6,8-9,11-12H,5,7,10,16H2,1-4H3. The van der Waals surface area contributed by atoms with Crippen molar-refractivity contribution in [3.05, 3.63) is 18.2 Å². The van der Waals surface area contributed by atoms with Crippen molar-refractivity contribution in [1.29, 1.82) is 0 Å². The quantitative estimate of drug-likeness (QED) is 0.748. The molecule has 0 aliphatic carbocycles. The van der Waals surface area contributed by atoms with E-state index in [1.807, 2.05) is 32.0 Å². The molecular weight excluding hydrogens is 226 g/mol. The summed E-state index contributed by atoms with van der Waals surface area (Å²) in [5.74, 6) is 1.96. The van der Waals surface area contributed by atoms with Crippen LogP contribution >= 0.6 is 0 Å². The zero-order chi connectivity index (χ0) is 13.5. The topological polar surface area (TPSA) is 44.5 Å². The second-order valence-electron chi connectivity index (χ2n) is 5.04. The van der Waals surface area contributed by atoms with Crippen LogP contribution in [0.15, 0.2) is 18.2 Å². The van der Waals surface area contributed by atoms with E-state index in [9.17, 15) is 0 Å². The number of nitrogens with two attached hydrogens (primary N) is 1. The zero-order valence-corrected chi connectivity index (χ0v) is 11.9. The molecule has 0 aliphatic rings. The van der Waals surface area contributed by atoms with Gasteiger partial charge in [-0.1, -0.05) is 26.3 Å². The minimum absolute atomic E-state index is 0.113. The smallest absolute Gasteiger partial charge is 0.146 e. The van der Waals surface area contributed by atoms with Gasteiger partial charge in [-0.15, -0.1) is 0 Å². The Morgan fingerprint density at radius 3 is 2.44 bits per heavy atom. The summed E-state index contributed by atoms with van der Waals surface area (Å²) in [6.07, 6.45) is 2.46. The monoisotopic (exact) mass is 251 g/mol. The second-order valence-corrected chi connectivity index (χ2v) is 5.04. The maximum atomic E-state index is 6.04. The average molecular weight is 251 g/mol. The highest BCUT2D eigenvalue weighted by atomic mass is 16.5. The number of hydrogen-bond acceptors (Lipinski definition) is 3. The van der Waals surface area contributed by atoms with Gasteiger partial charge in [0.1, 0.15) is 17.2 Å². The summed E-state index contributed by atoms with van der Waals surface area (Å²) in [5, 5.41) is 0. The molecule has 0 amide bonds. The van der Waals surface area contributed by atoms with Crippen molar-refractivity contribution in [1.82, 2.24) is 0 Å². The number of benzene rings is 1. The molecule has 18 heavy (non-hydrogen) atoms. The molecule has 0 heterocycles. The van der Waals surface area contributed by atoms with E-state index >= 15 is 0 Å². The van der Waals surface area contributed by atoms with Crippen molar-refractivity contribution >= 4 is 5.69 Å². The van der Waals surface area contributed by atoms with Gasteiger partial charge in [0.25, 0.3) is 0 Å². The maximum absolute atomic E-state index is 6.04. The molecule has 1 aromatic rings. The Labute approximate surface area is 110 Å². The lowest BCUT2D eigenvalue weighted by Crippen LogP contribution is -2.11. The highest BCUT2D eigenvalue weighted by molar-refractivity contribution is 5.62. The molecule has 0 saturated heterocycles. The number of ether oxygens (including phenoxy) is 2. The average Bonchev–Trinajstić information content (AvgIpc) is 2.30. The fourth-order valence-electron chi connectivity index (χ4n) is 1.81. The highest BCUT2D eigenvalue weighted by Crippen LogP contribution is 2.32. The first kappa shape index (κ1) is 14.7. The molecule has 1 rings (SSSR count). The summed E-state index contributed by atoms with van der Waals surface area (Å²) in [7, 11) is 0. The van der Waals surface area contributed by atoms with Crippen molar-refractivity contribution in [2.45, 2.75) is 46.6 Å². The minimum Gasteiger partial charge on any atom is -0.491 e. The van der Waals surface area contributed by atoms with Crippen LogP contribution in [-0.2, 0) is 0 Å². The van der Waals surface area contributed by atoms with E-state index < -0.39 is 0 Å². The van der Waals surface area contributed by atoms with E-state index in [-0.39, 0.29) is 6.10 Å². The third kappa shape index (κ3) is 4.47. The van der Waals surface area contributed by atoms with Gasteiger partial charge in [0.05, 0.1) is 12.7 Å². The molecule has 3 nitrogen and oxygen atoms in total. The summed E-state index contributed by atoms with van der Waals surface area (Å²) in [6.45, 7) is 9.03. The number of anilines is 1. The van der Waals surface area contributed by atoms with Crippen LogP contribution in [0.3, 0.4) is 0 Å². The molecular formula is C15H25NO2. The highest BCUT2D eigenvalue weighted by Gasteiger charge is 2.10. The molecule has 0 aliphatic heterocycles. The largest absolute Gasteiger partial charge is 0.491 e. The first-order chi connectivity index (χ1) is 8.54. The number of nitrogen functional groups attached to an aromatic ring is 1.